The minimum atomic E-state index is -3.13. The van der Waals surface area contributed by atoms with Gasteiger partial charge in [-0.05, 0) is 13.8 Å². The summed E-state index contributed by atoms with van der Waals surface area (Å²) >= 11 is 0.786. The molecule has 0 rings (SSSR count). The van der Waals surface area contributed by atoms with Crippen LogP contribution in [0.1, 0.15) is 13.8 Å². The molecule has 0 unspecified atom stereocenters. The number of thiol groups is 1. The topological polar surface area (TPSA) is 46.2 Å². The van der Waals surface area contributed by atoms with Crippen LogP contribution in [0.4, 0.5) is 0 Å². The summed E-state index contributed by atoms with van der Waals surface area (Å²) in [6.45, 7) is 3.54. The molecule has 0 fully saturated rings. The molecular formula is C5H13NO2S2. The Morgan fingerprint density at radius 1 is 1.70 bits per heavy atom. The molecule has 0 radical (unpaired) electrons. The Balaban J connectivity index is 3.82. The summed E-state index contributed by atoms with van der Waals surface area (Å²) in [7, 11) is -3.13. The van der Waals surface area contributed by atoms with Crippen LogP contribution in [-0.2, 0) is 10.0 Å². The van der Waals surface area contributed by atoms with Gasteiger partial charge >= 0.3 is 0 Å². The van der Waals surface area contributed by atoms with Crippen molar-refractivity contribution in [2.45, 2.75) is 19.9 Å². The smallest absolute Gasteiger partial charge is 0.212 e. The Hall–Kier alpha value is 0.260. The van der Waals surface area contributed by atoms with E-state index in [1.165, 1.54) is 0 Å². The van der Waals surface area contributed by atoms with E-state index < -0.39 is 10.0 Å². The van der Waals surface area contributed by atoms with Crippen LogP contribution in [0.2, 0.25) is 0 Å². The molecule has 5 heteroatoms. The van der Waals surface area contributed by atoms with Crippen LogP contribution in [0.5, 0.6) is 0 Å². The molecule has 0 atom stereocenters. The first-order valence-corrected chi connectivity index (χ1v) is 5.29. The summed E-state index contributed by atoms with van der Waals surface area (Å²) < 4.78 is 31.1. The molecule has 0 amide bonds. The Morgan fingerprint density at radius 3 is 2.70 bits per heavy atom. The van der Waals surface area contributed by atoms with Gasteiger partial charge in [0.1, 0.15) is 1.12 Å². The molecule has 0 aromatic rings. The quantitative estimate of drug-likeness (QED) is 0.603. The van der Waals surface area contributed by atoms with Crippen molar-refractivity contribution in [1.82, 2.24) is 4.72 Å². The molecule has 0 aliphatic carbocycles. The van der Waals surface area contributed by atoms with Crippen molar-refractivity contribution in [2.75, 3.05) is 11.5 Å². The zero-order valence-corrected chi connectivity index (χ0v) is 7.76. The summed E-state index contributed by atoms with van der Waals surface area (Å²) in [5.74, 6) is 0.349. The van der Waals surface area contributed by atoms with Crippen LogP contribution in [0.25, 0.3) is 0 Å². The lowest BCUT2D eigenvalue weighted by molar-refractivity contribution is 0.571. The molecule has 0 aliphatic heterocycles. The van der Waals surface area contributed by atoms with Gasteiger partial charge < -0.3 is 0 Å². The fraction of sp³-hybridized carbons (Fsp3) is 1.00. The summed E-state index contributed by atoms with van der Waals surface area (Å²) in [6, 6.07) is -0.0595. The summed E-state index contributed by atoms with van der Waals surface area (Å²) in [5.41, 5.74) is 0. The normalized spacial score (nSPS) is 13.7. The minimum Gasteiger partial charge on any atom is -0.213 e. The third-order valence-electron chi connectivity index (χ3n) is 0.767. The van der Waals surface area contributed by atoms with Gasteiger partial charge in [-0.2, -0.15) is 12.5 Å². The maximum absolute atomic E-state index is 11.0. The van der Waals surface area contributed by atoms with E-state index in [0.29, 0.717) is 5.75 Å². The molecule has 0 saturated heterocycles. The van der Waals surface area contributed by atoms with Gasteiger partial charge in [-0.1, -0.05) is 0 Å². The largest absolute Gasteiger partial charge is 0.213 e. The van der Waals surface area contributed by atoms with Crippen molar-refractivity contribution in [3.63, 3.8) is 0 Å². The number of hydrogen-bond donors (Lipinski definition) is 2. The molecule has 3 nitrogen and oxygen atoms in total. The Kier molecular flexibility index (Phi) is 3.51. The third-order valence-corrected chi connectivity index (χ3v) is 2.80. The van der Waals surface area contributed by atoms with Gasteiger partial charge in [-0.25, -0.2) is 13.1 Å². The molecule has 10 heavy (non-hydrogen) atoms. The second-order valence-electron chi connectivity index (χ2n) is 2.30. The van der Waals surface area contributed by atoms with Crippen LogP contribution in [0.3, 0.4) is 0 Å². The predicted molar refractivity (Wildman–Crippen MR) is 45.9 cm³/mol. The second-order valence-corrected chi connectivity index (χ2v) is 4.58. The maximum Gasteiger partial charge on any atom is 0.212 e. The van der Waals surface area contributed by atoms with E-state index in [-0.39, 0.29) is 11.8 Å². The van der Waals surface area contributed by atoms with E-state index in [4.69, 9.17) is 1.12 Å². The van der Waals surface area contributed by atoms with Gasteiger partial charge in [-0.15, -0.1) is 0 Å². The average molecular weight is 185 g/mol. The molecule has 0 aliphatic rings. The lowest BCUT2D eigenvalue weighted by Gasteiger charge is -2.06. The number of sulfonamides is 1. The predicted octanol–water partition coefficient (Wildman–Crippen LogP) is 0.244. The number of nitrogens with one attached hydrogen (secondary N) is 1. The first kappa shape index (κ1) is 8.36. The molecule has 0 spiro atoms. The van der Waals surface area contributed by atoms with Crippen LogP contribution in [0, 0.1) is 0 Å². The van der Waals surface area contributed by atoms with Crippen molar-refractivity contribution < 1.29 is 8.42 Å². The van der Waals surface area contributed by atoms with E-state index in [2.05, 4.69) is 4.72 Å². The lowest BCUT2D eigenvalue weighted by atomic mass is 10.4. The summed E-state index contributed by atoms with van der Waals surface area (Å²) in [5, 5.41) is 0. The number of rotatable bonds is 5. The van der Waals surface area contributed by atoms with Gasteiger partial charge in [0.05, 0.1) is 5.75 Å². The van der Waals surface area contributed by atoms with E-state index in [1.54, 1.807) is 13.8 Å². The van der Waals surface area contributed by atoms with Crippen molar-refractivity contribution in [3.8, 4) is 0 Å². The van der Waals surface area contributed by atoms with Crippen LogP contribution in [0.15, 0.2) is 0 Å². The van der Waals surface area contributed by atoms with Crippen molar-refractivity contribution in [3.05, 3.63) is 0 Å². The van der Waals surface area contributed by atoms with Crippen LogP contribution < -0.4 is 4.72 Å². The SMILES string of the molecule is [3H]SCCS(=O)(=O)NC(C)C. The standard InChI is InChI=1S/C5H13NO2S2/c1-5(2)6-10(7,8)4-3-9/h5-6,9H,3-4H2,1-2H3/i/hT. The zero-order valence-electron chi connectivity index (χ0n) is 7.12. The summed E-state index contributed by atoms with van der Waals surface area (Å²) in [6.07, 6.45) is 0. The van der Waals surface area contributed by atoms with Crippen LogP contribution in [-0.4, -0.2) is 27.1 Å². The van der Waals surface area contributed by atoms with E-state index in [9.17, 15) is 8.42 Å². The molecular weight excluding hydrogens is 170 g/mol. The van der Waals surface area contributed by atoms with E-state index in [1.807, 2.05) is 0 Å². The monoisotopic (exact) mass is 185 g/mol. The second kappa shape index (κ2) is 4.20. The van der Waals surface area contributed by atoms with Gasteiger partial charge in [0.25, 0.3) is 0 Å². The first-order valence-electron chi connectivity index (χ1n) is 3.47. The lowest BCUT2D eigenvalue weighted by Crippen LogP contribution is -2.32. The fourth-order valence-corrected chi connectivity index (χ4v) is 2.24. The van der Waals surface area contributed by atoms with Gasteiger partial charge in [0.15, 0.2) is 0 Å². The molecule has 62 valence electrons. The van der Waals surface area contributed by atoms with Gasteiger partial charge in [-0.3, -0.25) is 0 Å². The summed E-state index contributed by atoms with van der Waals surface area (Å²) in [4.78, 5) is 0. The highest BCUT2D eigenvalue weighted by atomic mass is 32.2. The van der Waals surface area contributed by atoms with Gasteiger partial charge in [0, 0.05) is 11.8 Å². The molecule has 1 N–H and O–H groups in total. The van der Waals surface area contributed by atoms with Crippen molar-refractivity contribution in [2.24, 2.45) is 0 Å². The fourth-order valence-electron chi connectivity index (χ4n) is 0.528. The number of hydrogen-bond acceptors (Lipinski definition) is 3. The van der Waals surface area contributed by atoms with E-state index in [0.717, 1.165) is 12.5 Å². The highest BCUT2D eigenvalue weighted by Crippen LogP contribution is 1.89. The Morgan fingerprint density at radius 2 is 2.30 bits per heavy atom. The Labute approximate surface area is 68.8 Å². The van der Waals surface area contributed by atoms with Crippen molar-refractivity contribution >= 4 is 22.6 Å². The molecule has 0 aromatic heterocycles. The third kappa shape index (κ3) is 5.08. The van der Waals surface area contributed by atoms with Crippen LogP contribution >= 0.6 is 12.5 Å². The Bertz CT molecular complexity index is 191. The molecule has 0 aromatic carbocycles. The first-order chi connectivity index (χ1) is 4.98. The zero-order chi connectivity index (χ0) is 8.91. The maximum atomic E-state index is 11.0. The van der Waals surface area contributed by atoms with Crippen molar-refractivity contribution in [1.29, 1.82) is 1.12 Å². The van der Waals surface area contributed by atoms with E-state index >= 15 is 0 Å². The molecule has 0 bridgehead atoms. The highest BCUT2D eigenvalue weighted by Gasteiger charge is 2.08. The molecule has 0 heterocycles. The minimum absolute atomic E-state index is 0.0271. The van der Waals surface area contributed by atoms with Gasteiger partial charge in [0.2, 0.25) is 10.0 Å². The average Bonchev–Trinajstić information content (AvgIpc) is 1.81. The molecule has 0 saturated carbocycles. The highest BCUT2D eigenvalue weighted by molar-refractivity contribution is 7.90.